The lowest BCUT2D eigenvalue weighted by Crippen LogP contribution is -2.41. The minimum atomic E-state index is -0.839. The fraction of sp³-hybridized carbons (Fsp3) is 0.500. The Kier molecular flexibility index (Phi) is 4.21. The third kappa shape index (κ3) is 3.13. The molecule has 5 nitrogen and oxygen atoms in total. The fourth-order valence-corrected chi connectivity index (χ4v) is 2.34. The first-order valence-corrected chi connectivity index (χ1v) is 6.42. The van der Waals surface area contributed by atoms with Crippen LogP contribution in [0.3, 0.4) is 0 Å². The maximum Gasteiger partial charge on any atom is 0.313 e. The summed E-state index contributed by atoms with van der Waals surface area (Å²) in [6.07, 6.45) is 3.23. The van der Waals surface area contributed by atoms with Crippen LogP contribution in [0.1, 0.15) is 25.7 Å². The average molecular weight is 289 g/mol. The topological polar surface area (TPSA) is 78.4 Å². The van der Waals surface area contributed by atoms with Gasteiger partial charge in [0.15, 0.2) is 5.75 Å². The summed E-state index contributed by atoms with van der Waals surface area (Å²) in [5, 5.41) is 10.7. The molecule has 19 heavy (non-hydrogen) atoms. The molecule has 0 aliphatic heterocycles. The molecular weight excluding hydrogens is 275 g/mol. The van der Waals surface area contributed by atoms with Crippen molar-refractivity contribution >= 4 is 17.3 Å². The molecule has 0 aromatic heterocycles. The summed E-state index contributed by atoms with van der Waals surface area (Å²) < 4.78 is 18.8. The number of nitrogens with two attached hydrogens (primary N) is 1. The molecule has 0 heterocycles. The van der Waals surface area contributed by atoms with Gasteiger partial charge in [-0.3, -0.25) is 10.1 Å². The Labute approximate surface area is 114 Å². The number of nitro benzene ring substituents is 1. The molecule has 104 valence electrons. The number of halogens is 2. The Morgan fingerprint density at radius 2 is 2.11 bits per heavy atom. The molecule has 0 radical (unpaired) electrons. The lowest BCUT2D eigenvalue weighted by atomic mass is 9.93. The lowest BCUT2D eigenvalue weighted by molar-refractivity contribution is -0.386. The molecule has 0 saturated heterocycles. The van der Waals surface area contributed by atoms with E-state index in [1.54, 1.807) is 0 Å². The summed E-state index contributed by atoms with van der Waals surface area (Å²) in [5.41, 5.74) is 5.49. The first kappa shape index (κ1) is 14.0. The largest absolute Gasteiger partial charge is 0.482 e. The van der Waals surface area contributed by atoms with Crippen LogP contribution in [0.5, 0.6) is 5.75 Å². The van der Waals surface area contributed by atoms with Gasteiger partial charge in [0.2, 0.25) is 0 Å². The van der Waals surface area contributed by atoms with Crippen molar-refractivity contribution in [2.24, 2.45) is 5.73 Å². The first-order valence-electron chi connectivity index (χ1n) is 6.04. The first-order chi connectivity index (χ1) is 8.99. The van der Waals surface area contributed by atoms with Gasteiger partial charge in [-0.2, -0.15) is 0 Å². The average Bonchev–Trinajstić information content (AvgIpc) is 2.36. The Hall–Kier alpha value is -1.40. The van der Waals surface area contributed by atoms with Gasteiger partial charge in [0.1, 0.15) is 11.9 Å². The Bertz CT molecular complexity index is 498. The highest BCUT2D eigenvalue weighted by Crippen LogP contribution is 2.34. The molecule has 1 aromatic carbocycles. The van der Waals surface area contributed by atoms with Gasteiger partial charge in [0.25, 0.3) is 0 Å². The van der Waals surface area contributed by atoms with Crippen LogP contribution >= 0.6 is 11.6 Å². The van der Waals surface area contributed by atoms with Crippen molar-refractivity contribution < 1.29 is 14.1 Å². The fourth-order valence-electron chi connectivity index (χ4n) is 2.19. The Balaban J connectivity index is 2.27. The molecule has 0 spiro atoms. The van der Waals surface area contributed by atoms with E-state index in [4.69, 9.17) is 22.1 Å². The Morgan fingerprint density at radius 1 is 1.42 bits per heavy atom. The predicted molar refractivity (Wildman–Crippen MR) is 68.9 cm³/mol. The van der Waals surface area contributed by atoms with Crippen molar-refractivity contribution in [3.8, 4) is 5.75 Å². The molecule has 2 unspecified atom stereocenters. The van der Waals surface area contributed by atoms with E-state index in [-0.39, 0.29) is 22.9 Å². The van der Waals surface area contributed by atoms with Crippen molar-refractivity contribution in [1.82, 2.24) is 0 Å². The summed E-state index contributed by atoms with van der Waals surface area (Å²) in [4.78, 5) is 10.2. The summed E-state index contributed by atoms with van der Waals surface area (Å²) in [6.45, 7) is 0. The van der Waals surface area contributed by atoms with Gasteiger partial charge in [-0.25, -0.2) is 4.39 Å². The van der Waals surface area contributed by atoms with Crippen LogP contribution in [0.4, 0.5) is 10.1 Å². The van der Waals surface area contributed by atoms with E-state index in [0.717, 1.165) is 37.8 Å². The lowest BCUT2D eigenvalue weighted by Gasteiger charge is -2.28. The molecule has 1 fully saturated rings. The molecule has 1 aliphatic carbocycles. The number of rotatable bonds is 3. The molecule has 1 aromatic rings. The number of benzene rings is 1. The molecule has 2 rings (SSSR count). The van der Waals surface area contributed by atoms with E-state index >= 15 is 0 Å². The van der Waals surface area contributed by atoms with Gasteiger partial charge in [-0.15, -0.1) is 0 Å². The van der Waals surface area contributed by atoms with E-state index in [0.29, 0.717) is 0 Å². The SMILES string of the molecule is NC1CCCCC1Oc1cc(Cl)c(F)cc1[N+](=O)[O-]. The zero-order chi connectivity index (χ0) is 14.0. The van der Waals surface area contributed by atoms with Crippen LogP contribution in [0.2, 0.25) is 5.02 Å². The zero-order valence-corrected chi connectivity index (χ0v) is 10.9. The van der Waals surface area contributed by atoms with Gasteiger partial charge < -0.3 is 10.5 Å². The summed E-state index contributed by atoms with van der Waals surface area (Å²) >= 11 is 5.64. The van der Waals surface area contributed by atoms with Crippen LogP contribution in [0.15, 0.2) is 12.1 Å². The minimum absolute atomic E-state index is 0.0289. The van der Waals surface area contributed by atoms with Crippen LogP contribution in [-0.2, 0) is 0 Å². The second-order valence-corrected chi connectivity index (χ2v) is 5.00. The van der Waals surface area contributed by atoms with Gasteiger partial charge in [0.05, 0.1) is 16.0 Å². The molecule has 1 saturated carbocycles. The molecule has 0 amide bonds. The number of nitro groups is 1. The normalized spacial score (nSPS) is 23.1. The van der Waals surface area contributed by atoms with Crippen LogP contribution in [0.25, 0.3) is 0 Å². The number of hydrogen-bond acceptors (Lipinski definition) is 4. The smallest absolute Gasteiger partial charge is 0.313 e. The predicted octanol–water partition coefficient (Wildman–Crippen LogP) is 3.04. The van der Waals surface area contributed by atoms with E-state index < -0.39 is 16.4 Å². The second kappa shape index (κ2) is 5.71. The van der Waals surface area contributed by atoms with Crippen LogP contribution in [0, 0.1) is 15.9 Å². The molecule has 2 N–H and O–H groups in total. The molecule has 1 aliphatic rings. The number of ether oxygens (including phenoxy) is 1. The number of nitrogens with zero attached hydrogens (tertiary/aromatic N) is 1. The maximum absolute atomic E-state index is 13.3. The van der Waals surface area contributed by atoms with Gasteiger partial charge in [-0.1, -0.05) is 18.0 Å². The molecule has 2 atom stereocenters. The highest BCUT2D eigenvalue weighted by atomic mass is 35.5. The minimum Gasteiger partial charge on any atom is -0.482 e. The maximum atomic E-state index is 13.3. The zero-order valence-electron chi connectivity index (χ0n) is 10.1. The number of hydrogen-bond donors (Lipinski definition) is 1. The van der Waals surface area contributed by atoms with E-state index in [1.807, 2.05) is 0 Å². The Morgan fingerprint density at radius 3 is 2.74 bits per heavy atom. The summed E-state index contributed by atoms with van der Waals surface area (Å²) in [5.74, 6) is -0.868. The monoisotopic (exact) mass is 288 g/mol. The third-order valence-corrected chi connectivity index (χ3v) is 3.52. The van der Waals surface area contributed by atoms with E-state index in [9.17, 15) is 14.5 Å². The quantitative estimate of drug-likeness (QED) is 0.685. The molecular formula is C12H14ClFN2O3. The van der Waals surface area contributed by atoms with Crippen molar-refractivity contribution in [2.45, 2.75) is 37.8 Å². The van der Waals surface area contributed by atoms with Gasteiger partial charge >= 0.3 is 5.69 Å². The summed E-state index contributed by atoms with van der Waals surface area (Å²) in [7, 11) is 0. The molecule has 7 heteroatoms. The van der Waals surface area contributed by atoms with E-state index in [2.05, 4.69) is 0 Å². The standard InChI is InChI=1S/C12H14ClFN2O3/c13-7-5-12(10(16(17)18)6-8(7)14)19-11-4-2-1-3-9(11)15/h5-6,9,11H,1-4,15H2. The van der Waals surface area contributed by atoms with Crippen molar-refractivity contribution in [3.05, 3.63) is 33.1 Å². The molecule has 0 bridgehead atoms. The highest BCUT2D eigenvalue weighted by Gasteiger charge is 2.27. The van der Waals surface area contributed by atoms with Gasteiger partial charge in [-0.05, 0) is 19.3 Å². The summed E-state index contributed by atoms with van der Waals surface area (Å²) in [6, 6.07) is 1.74. The van der Waals surface area contributed by atoms with Crippen molar-refractivity contribution in [1.29, 1.82) is 0 Å². The van der Waals surface area contributed by atoms with Crippen LogP contribution < -0.4 is 10.5 Å². The highest BCUT2D eigenvalue weighted by molar-refractivity contribution is 6.31. The van der Waals surface area contributed by atoms with Crippen molar-refractivity contribution in [2.75, 3.05) is 0 Å². The third-order valence-electron chi connectivity index (χ3n) is 3.23. The van der Waals surface area contributed by atoms with E-state index in [1.165, 1.54) is 0 Å². The van der Waals surface area contributed by atoms with Crippen LogP contribution in [-0.4, -0.2) is 17.1 Å². The van der Waals surface area contributed by atoms with Gasteiger partial charge in [0, 0.05) is 12.1 Å². The second-order valence-electron chi connectivity index (χ2n) is 4.60. The van der Waals surface area contributed by atoms with Crippen molar-refractivity contribution in [3.63, 3.8) is 0 Å².